The molecule has 9 heteroatoms. The summed E-state index contributed by atoms with van der Waals surface area (Å²) in [5, 5.41) is 15.3. The average molecular weight is 397 g/mol. The number of amides is 1. The molecule has 1 amide bonds. The molecule has 0 fully saturated rings. The third-order valence-electron chi connectivity index (χ3n) is 4.55. The molecule has 1 aromatic rings. The van der Waals surface area contributed by atoms with Crippen molar-refractivity contribution in [1.29, 1.82) is 5.26 Å². The number of fused-ring (bicyclic) bond motifs is 1. The van der Waals surface area contributed by atoms with Crippen molar-refractivity contribution >= 4 is 17.9 Å². The lowest BCUT2D eigenvalue weighted by Gasteiger charge is -2.34. The van der Waals surface area contributed by atoms with Gasteiger partial charge in [0.2, 0.25) is 0 Å². The first-order valence-corrected chi connectivity index (χ1v) is 9.33. The second-order valence-corrected chi connectivity index (χ2v) is 6.89. The van der Waals surface area contributed by atoms with Gasteiger partial charge in [-0.05, 0) is 37.3 Å². The number of hydrogen-bond acceptors (Lipinski definition) is 8. The van der Waals surface area contributed by atoms with Crippen molar-refractivity contribution < 1.29 is 19.1 Å². The predicted octanol–water partition coefficient (Wildman–Crippen LogP) is 2.28. The van der Waals surface area contributed by atoms with E-state index in [4.69, 9.17) is 14.7 Å². The molecule has 0 radical (unpaired) electrons. The molecule has 152 valence electrons. The van der Waals surface area contributed by atoms with E-state index in [0.717, 1.165) is 5.84 Å². The highest BCUT2D eigenvalue weighted by molar-refractivity contribution is 5.90. The Hall–Kier alpha value is -3.54. The number of ether oxygens (including phenoxy) is 2. The van der Waals surface area contributed by atoms with Crippen molar-refractivity contribution in [1.82, 2.24) is 15.3 Å². The third-order valence-corrected chi connectivity index (χ3v) is 4.55. The fourth-order valence-corrected chi connectivity index (χ4v) is 3.19. The van der Waals surface area contributed by atoms with Gasteiger partial charge in [-0.3, -0.25) is 5.01 Å². The highest BCUT2D eigenvalue weighted by atomic mass is 16.6. The first-order chi connectivity index (χ1) is 13.8. The zero-order chi connectivity index (χ0) is 21.1. The van der Waals surface area contributed by atoms with Gasteiger partial charge in [0.25, 0.3) is 0 Å². The molecule has 2 unspecified atom stereocenters. The van der Waals surface area contributed by atoms with Crippen LogP contribution in [0.2, 0.25) is 0 Å². The van der Waals surface area contributed by atoms with Gasteiger partial charge in [-0.2, -0.15) is 5.26 Å². The molecule has 0 spiro atoms. The number of benzene rings is 1. The minimum atomic E-state index is -0.610. The number of nitriles is 1. The molecule has 2 heterocycles. The molecule has 2 aliphatic rings. The molecule has 3 rings (SSSR count). The summed E-state index contributed by atoms with van der Waals surface area (Å²) >= 11 is 0. The van der Waals surface area contributed by atoms with Gasteiger partial charge in [-0.25, -0.2) is 19.6 Å². The van der Waals surface area contributed by atoms with Crippen molar-refractivity contribution in [3.63, 3.8) is 0 Å². The highest BCUT2D eigenvalue weighted by Crippen LogP contribution is 2.28. The van der Waals surface area contributed by atoms with Crippen LogP contribution in [0.25, 0.3) is 0 Å². The van der Waals surface area contributed by atoms with Gasteiger partial charge in [-0.15, -0.1) is 0 Å². The largest absolute Gasteiger partial charge is 0.462 e. The number of nitrogens with zero attached hydrogens (tertiary/aromatic N) is 4. The normalized spacial score (nSPS) is 19.7. The monoisotopic (exact) mass is 397 g/mol. The smallest absolute Gasteiger partial charge is 0.434 e. The maximum atomic E-state index is 12.7. The second-order valence-electron chi connectivity index (χ2n) is 6.89. The molecule has 0 saturated heterocycles. The molecule has 0 aliphatic carbocycles. The lowest BCUT2D eigenvalue weighted by molar-refractivity contribution is 0.0526. The Morgan fingerprint density at radius 1 is 1.34 bits per heavy atom. The number of carbonyl (C=O) groups excluding carboxylic acids is 2. The topological polar surface area (TPSA) is 107 Å². The van der Waals surface area contributed by atoms with E-state index in [0.29, 0.717) is 17.0 Å². The number of hydrazine groups is 1. The van der Waals surface area contributed by atoms with Crippen LogP contribution in [0.3, 0.4) is 0 Å². The van der Waals surface area contributed by atoms with Gasteiger partial charge in [0.1, 0.15) is 35.6 Å². The standard InChI is InChI=1S/C20H23N5O4/c1-5-28-19(26)13-6-8-15(9-7-13)29-20(27)24(4)25-16-10-14(11-21)22-17(16)23-18(25)12(2)3/h6-10,12,16-17,22H,5H2,1-4H3. The Morgan fingerprint density at radius 3 is 2.62 bits per heavy atom. The van der Waals surface area contributed by atoms with E-state index in [9.17, 15) is 9.59 Å². The second kappa shape index (κ2) is 8.22. The number of hydrogen-bond donors (Lipinski definition) is 1. The summed E-state index contributed by atoms with van der Waals surface area (Å²) in [4.78, 5) is 29.1. The Labute approximate surface area is 169 Å². The van der Waals surface area contributed by atoms with E-state index in [-0.39, 0.29) is 24.7 Å². The first-order valence-electron chi connectivity index (χ1n) is 9.33. The summed E-state index contributed by atoms with van der Waals surface area (Å²) in [5.41, 5.74) is 0.802. The van der Waals surface area contributed by atoms with Gasteiger partial charge >= 0.3 is 12.1 Å². The highest BCUT2D eigenvalue weighted by Gasteiger charge is 2.43. The van der Waals surface area contributed by atoms with Crippen molar-refractivity contribution in [3.05, 3.63) is 41.6 Å². The van der Waals surface area contributed by atoms with E-state index >= 15 is 0 Å². The summed E-state index contributed by atoms with van der Waals surface area (Å²) in [6.45, 7) is 5.98. The Balaban J connectivity index is 1.73. The summed E-state index contributed by atoms with van der Waals surface area (Å²) in [7, 11) is 1.59. The molecule has 1 N–H and O–H groups in total. The Kier molecular flexibility index (Phi) is 5.73. The van der Waals surface area contributed by atoms with Crippen LogP contribution in [-0.4, -0.2) is 53.8 Å². The first kappa shape index (κ1) is 20.2. The maximum absolute atomic E-state index is 12.7. The number of amidine groups is 1. The molecule has 0 aromatic heterocycles. The minimum Gasteiger partial charge on any atom is -0.462 e. The summed E-state index contributed by atoms with van der Waals surface area (Å²) < 4.78 is 10.4. The van der Waals surface area contributed by atoms with E-state index in [1.54, 1.807) is 25.1 Å². The zero-order valence-electron chi connectivity index (χ0n) is 16.7. The molecule has 29 heavy (non-hydrogen) atoms. The maximum Gasteiger partial charge on any atom is 0.434 e. The minimum absolute atomic E-state index is 0.0699. The van der Waals surface area contributed by atoms with Crippen molar-refractivity contribution in [2.45, 2.75) is 33.0 Å². The van der Waals surface area contributed by atoms with Crippen LogP contribution in [0.15, 0.2) is 41.0 Å². The Bertz CT molecular complexity index is 900. The lowest BCUT2D eigenvalue weighted by Crippen LogP contribution is -2.53. The van der Waals surface area contributed by atoms with Crippen LogP contribution in [0, 0.1) is 17.2 Å². The van der Waals surface area contributed by atoms with Crippen LogP contribution >= 0.6 is 0 Å². The molecule has 9 nitrogen and oxygen atoms in total. The van der Waals surface area contributed by atoms with E-state index in [2.05, 4.69) is 16.4 Å². The predicted molar refractivity (Wildman–Crippen MR) is 105 cm³/mol. The quantitative estimate of drug-likeness (QED) is 0.760. The van der Waals surface area contributed by atoms with Crippen molar-refractivity contribution in [2.24, 2.45) is 10.9 Å². The lowest BCUT2D eigenvalue weighted by atomic mass is 10.2. The number of carbonyl (C=O) groups is 2. The van der Waals surface area contributed by atoms with Gasteiger partial charge in [-0.1, -0.05) is 13.8 Å². The molecular formula is C20H23N5O4. The number of nitrogens with one attached hydrogen (secondary N) is 1. The zero-order valence-corrected chi connectivity index (χ0v) is 16.7. The fraction of sp³-hybridized carbons (Fsp3) is 0.400. The molecule has 2 aliphatic heterocycles. The van der Waals surface area contributed by atoms with Crippen LogP contribution in [-0.2, 0) is 4.74 Å². The molecule has 1 aromatic carbocycles. The Morgan fingerprint density at radius 2 is 2.03 bits per heavy atom. The SMILES string of the molecule is CCOC(=O)c1ccc(OC(=O)N(C)N2C(C(C)C)=NC3NC(C#N)=CC32)cc1. The molecule has 0 bridgehead atoms. The molecule has 2 atom stereocenters. The summed E-state index contributed by atoms with van der Waals surface area (Å²) in [5.74, 6) is 0.655. The van der Waals surface area contributed by atoms with E-state index in [1.807, 2.05) is 13.8 Å². The number of esters is 1. The number of aliphatic imine (C=N–C) groups is 1. The summed E-state index contributed by atoms with van der Waals surface area (Å²) in [6, 6.07) is 7.93. The van der Waals surface area contributed by atoms with Gasteiger partial charge in [0, 0.05) is 13.0 Å². The van der Waals surface area contributed by atoms with E-state index in [1.165, 1.54) is 29.3 Å². The average Bonchev–Trinajstić information content (AvgIpc) is 3.25. The number of rotatable bonds is 5. The molecular weight excluding hydrogens is 374 g/mol. The van der Waals surface area contributed by atoms with E-state index < -0.39 is 12.1 Å². The van der Waals surface area contributed by atoms with Crippen molar-refractivity contribution in [3.8, 4) is 11.8 Å². The van der Waals surface area contributed by atoms with Gasteiger partial charge < -0.3 is 14.8 Å². The van der Waals surface area contributed by atoms with Crippen molar-refractivity contribution in [2.75, 3.05) is 13.7 Å². The van der Waals surface area contributed by atoms with Gasteiger partial charge in [0.15, 0.2) is 0 Å². The number of allylic oxidation sites excluding steroid dienone is 1. The molecule has 0 saturated carbocycles. The van der Waals surface area contributed by atoms with Crippen LogP contribution < -0.4 is 10.1 Å². The van der Waals surface area contributed by atoms with Crippen LogP contribution in [0.4, 0.5) is 4.79 Å². The van der Waals surface area contributed by atoms with Crippen LogP contribution in [0.1, 0.15) is 31.1 Å². The fourth-order valence-electron chi connectivity index (χ4n) is 3.19. The van der Waals surface area contributed by atoms with Crippen LogP contribution in [0.5, 0.6) is 5.75 Å². The third kappa shape index (κ3) is 4.01. The summed E-state index contributed by atoms with van der Waals surface area (Å²) in [6.07, 6.45) is 0.824. The van der Waals surface area contributed by atoms with Gasteiger partial charge in [0.05, 0.1) is 12.2 Å².